The Kier molecular flexibility index (Phi) is 6.62. The molecule has 0 saturated heterocycles. The summed E-state index contributed by atoms with van der Waals surface area (Å²) in [5.41, 5.74) is 6.58. The first-order chi connectivity index (χ1) is 8.11. The van der Waals surface area contributed by atoms with E-state index in [9.17, 15) is 4.79 Å². The number of halogens is 1. The summed E-state index contributed by atoms with van der Waals surface area (Å²) in [5.74, 6) is 1.28. The first kappa shape index (κ1) is 14.5. The fourth-order valence-corrected chi connectivity index (χ4v) is 2.50. The number of nitrogens with one attached hydrogen (secondary N) is 1. The van der Waals surface area contributed by atoms with E-state index in [1.54, 1.807) is 11.8 Å². The second kappa shape index (κ2) is 7.74. The van der Waals surface area contributed by atoms with Gasteiger partial charge in [-0.3, -0.25) is 4.79 Å². The van der Waals surface area contributed by atoms with E-state index in [0.717, 1.165) is 22.3 Å². The van der Waals surface area contributed by atoms with E-state index in [1.165, 1.54) is 0 Å². The van der Waals surface area contributed by atoms with E-state index in [4.69, 9.17) is 5.73 Å². The van der Waals surface area contributed by atoms with E-state index in [1.807, 2.05) is 31.2 Å². The first-order valence-corrected chi connectivity index (χ1v) is 7.45. The quantitative estimate of drug-likeness (QED) is 0.848. The molecule has 0 aliphatic heterocycles. The predicted octanol–water partition coefficient (Wildman–Crippen LogP) is 2.86. The topological polar surface area (TPSA) is 55.1 Å². The highest BCUT2D eigenvalue weighted by Gasteiger charge is 2.05. The molecule has 0 saturated carbocycles. The van der Waals surface area contributed by atoms with Crippen molar-refractivity contribution in [2.75, 3.05) is 16.8 Å². The molecular formula is C12H17BrN2OS. The van der Waals surface area contributed by atoms with Crippen LogP contribution >= 0.6 is 27.7 Å². The molecular weight excluding hydrogens is 300 g/mol. The van der Waals surface area contributed by atoms with Gasteiger partial charge in [0.1, 0.15) is 0 Å². The van der Waals surface area contributed by atoms with Gasteiger partial charge in [0.25, 0.3) is 0 Å². The summed E-state index contributed by atoms with van der Waals surface area (Å²) in [6.45, 7) is 2.05. The van der Waals surface area contributed by atoms with Gasteiger partial charge in [-0.15, -0.1) is 0 Å². The molecule has 94 valence electrons. The van der Waals surface area contributed by atoms with E-state index >= 15 is 0 Å². The van der Waals surface area contributed by atoms with Gasteiger partial charge < -0.3 is 11.1 Å². The zero-order chi connectivity index (χ0) is 12.7. The van der Waals surface area contributed by atoms with Crippen molar-refractivity contribution in [1.82, 2.24) is 0 Å². The maximum absolute atomic E-state index is 11.6. The molecule has 0 radical (unpaired) electrons. The Balaban J connectivity index is 2.30. The summed E-state index contributed by atoms with van der Waals surface area (Å²) in [5, 5.41) is 2.84. The van der Waals surface area contributed by atoms with Crippen molar-refractivity contribution in [3.8, 4) is 0 Å². The Morgan fingerprint density at radius 2 is 2.35 bits per heavy atom. The van der Waals surface area contributed by atoms with Gasteiger partial charge in [0.15, 0.2) is 0 Å². The van der Waals surface area contributed by atoms with Gasteiger partial charge in [-0.2, -0.15) is 11.8 Å². The van der Waals surface area contributed by atoms with Crippen LogP contribution in [0.4, 0.5) is 5.69 Å². The Labute approximate surface area is 115 Å². The molecule has 17 heavy (non-hydrogen) atoms. The number of rotatable bonds is 6. The molecule has 0 heterocycles. The zero-order valence-corrected chi connectivity index (χ0v) is 12.2. The fourth-order valence-electron chi connectivity index (χ4n) is 1.18. The minimum absolute atomic E-state index is 0.0106. The van der Waals surface area contributed by atoms with Crippen LogP contribution in [0.3, 0.4) is 0 Å². The van der Waals surface area contributed by atoms with E-state index in [2.05, 4.69) is 21.2 Å². The lowest BCUT2D eigenvalue weighted by atomic mass is 10.3. The van der Waals surface area contributed by atoms with Crippen LogP contribution in [0, 0.1) is 0 Å². The number of nitrogens with two attached hydrogens (primary N) is 1. The number of hydrogen-bond acceptors (Lipinski definition) is 3. The molecule has 1 aromatic rings. The molecule has 0 fully saturated rings. The lowest BCUT2D eigenvalue weighted by Crippen LogP contribution is -2.23. The van der Waals surface area contributed by atoms with Crippen LogP contribution in [-0.2, 0) is 4.79 Å². The predicted molar refractivity (Wildman–Crippen MR) is 78.4 cm³/mol. The van der Waals surface area contributed by atoms with Crippen LogP contribution in [0.25, 0.3) is 0 Å². The van der Waals surface area contributed by atoms with E-state index in [0.29, 0.717) is 5.75 Å². The van der Waals surface area contributed by atoms with Crippen molar-refractivity contribution in [3.05, 3.63) is 28.7 Å². The maximum Gasteiger partial charge on any atom is 0.234 e. The highest BCUT2D eigenvalue weighted by molar-refractivity contribution is 9.10. The summed E-state index contributed by atoms with van der Waals surface area (Å²) < 4.78 is 0.955. The molecule has 0 aromatic heterocycles. The minimum atomic E-state index is 0.0106. The van der Waals surface area contributed by atoms with Crippen LogP contribution in [0.1, 0.15) is 13.3 Å². The van der Waals surface area contributed by atoms with Gasteiger partial charge in [-0.25, -0.2) is 0 Å². The monoisotopic (exact) mass is 316 g/mol. The second-order valence-electron chi connectivity index (χ2n) is 3.74. The summed E-state index contributed by atoms with van der Waals surface area (Å²) in [6.07, 6.45) is 0.945. The molecule has 0 aliphatic carbocycles. The highest BCUT2D eigenvalue weighted by Crippen LogP contribution is 2.16. The van der Waals surface area contributed by atoms with Gasteiger partial charge in [-0.05, 0) is 24.6 Å². The minimum Gasteiger partial charge on any atom is -0.327 e. The lowest BCUT2D eigenvalue weighted by molar-refractivity contribution is -0.113. The van der Waals surface area contributed by atoms with Gasteiger partial charge in [0.05, 0.1) is 5.75 Å². The van der Waals surface area contributed by atoms with E-state index < -0.39 is 0 Å². The van der Waals surface area contributed by atoms with Crippen molar-refractivity contribution in [3.63, 3.8) is 0 Å². The van der Waals surface area contributed by atoms with Crippen LogP contribution < -0.4 is 11.1 Å². The average Bonchev–Trinajstić information content (AvgIpc) is 2.28. The summed E-state index contributed by atoms with van der Waals surface area (Å²) in [6, 6.07) is 7.73. The first-order valence-electron chi connectivity index (χ1n) is 5.50. The standard InChI is InChI=1S/C12H17BrN2OS/c1-2-10(14)7-17-8-12(16)15-11-5-3-4-9(13)6-11/h3-6,10H,2,7-8,14H2,1H3,(H,15,16). The molecule has 5 heteroatoms. The van der Waals surface area contributed by atoms with Gasteiger partial charge in [0.2, 0.25) is 5.91 Å². The molecule has 1 atom stereocenters. The largest absolute Gasteiger partial charge is 0.327 e. The summed E-state index contributed by atoms with van der Waals surface area (Å²) in [7, 11) is 0. The van der Waals surface area contributed by atoms with Crippen molar-refractivity contribution in [1.29, 1.82) is 0 Å². The van der Waals surface area contributed by atoms with Gasteiger partial charge in [0, 0.05) is 22.0 Å². The summed E-state index contributed by atoms with van der Waals surface area (Å²) >= 11 is 4.93. The molecule has 0 spiro atoms. The smallest absolute Gasteiger partial charge is 0.234 e. The number of benzene rings is 1. The number of carbonyl (C=O) groups is 1. The molecule has 0 bridgehead atoms. The Bertz CT molecular complexity index is 373. The molecule has 1 amide bonds. The SMILES string of the molecule is CCC(N)CSCC(=O)Nc1cccc(Br)c1. The maximum atomic E-state index is 11.6. The van der Waals surface area contributed by atoms with Crippen LogP contribution in [0.5, 0.6) is 0 Å². The molecule has 0 aliphatic rings. The highest BCUT2D eigenvalue weighted by atomic mass is 79.9. The van der Waals surface area contributed by atoms with Crippen molar-refractivity contribution in [2.24, 2.45) is 5.73 Å². The number of carbonyl (C=O) groups excluding carboxylic acids is 1. The van der Waals surface area contributed by atoms with Crippen molar-refractivity contribution >= 4 is 39.3 Å². The number of anilines is 1. The molecule has 3 nitrogen and oxygen atoms in total. The average molecular weight is 317 g/mol. The fraction of sp³-hybridized carbons (Fsp3) is 0.417. The number of amides is 1. The molecule has 1 rings (SSSR count). The van der Waals surface area contributed by atoms with E-state index in [-0.39, 0.29) is 11.9 Å². The normalized spacial score (nSPS) is 12.2. The Morgan fingerprint density at radius 1 is 1.59 bits per heavy atom. The van der Waals surface area contributed by atoms with Crippen LogP contribution in [0.15, 0.2) is 28.7 Å². The Morgan fingerprint density at radius 3 is 3.00 bits per heavy atom. The molecule has 1 aromatic carbocycles. The van der Waals surface area contributed by atoms with Gasteiger partial charge in [-0.1, -0.05) is 28.9 Å². The molecule has 1 unspecified atom stereocenters. The number of thioether (sulfide) groups is 1. The van der Waals surface area contributed by atoms with Crippen LogP contribution in [-0.4, -0.2) is 23.5 Å². The summed E-state index contributed by atoms with van der Waals surface area (Å²) in [4.78, 5) is 11.6. The second-order valence-corrected chi connectivity index (χ2v) is 5.69. The third kappa shape index (κ3) is 6.10. The number of hydrogen-bond donors (Lipinski definition) is 2. The molecule has 3 N–H and O–H groups in total. The van der Waals surface area contributed by atoms with Crippen molar-refractivity contribution in [2.45, 2.75) is 19.4 Å². The zero-order valence-electron chi connectivity index (χ0n) is 9.78. The van der Waals surface area contributed by atoms with Gasteiger partial charge >= 0.3 is 0 Å². The van der Waals surface area contributed by atoms with Crippen molar-refractivity contribution < 1.29 is 4.79 Å². The third-order valence-electron chi connectivity index (χ3n) is 2.20. The Hall–Kier alpha value is -0.520. The third-order valence-corrected chi connectivity index (χ3v) is 3.82. The van der Waals surface area contributed by atoms with Crippen LogP contribution in [0.2, 0.25) is 0 Å². The lowest BCUT2D eigenvalue weighted by Gasteiger charge is -2.08.